The minimum absolute atomic E-state index is 0.171. The van der Waals surface area contributed by atoms with Crippen LogP contribution in [0.1, 0.15) is 10.4 Å². The number of carbonyl (C=O) groups excluding carboxylic acids is 1. The Hall–Kier alpha value is -1.81. The molecule has 0 saturated carbocycles. The molecule has 0 amide bonds. The Morgan fingerprint density at radius 1 is 1.44 bits per heavy atom. The fourth-order valence-corrected chi connectivity index (χ4v) is 1.38. The van der Waals surface area contributed by atoms with Gasteiger partial charge in [0.2, 0.25) is 6.26 Å². The molecule has 5 heteroatoms. The third kappa shape index (κ3) is 1.92. The van der Waals surface area contributed by atoms with Gasteiger partial charge in [-0.05, 0) is 12.1 Å². The first-order chi connectivity index (χ1) is 7.72. The van der Waals surface area contributed by atoms with Crippen LogP contribution in [0, 0.1) is 6.26 Å². The van der Waals surface area contributed by atoms with Crippen LogP contribution in [0.15, 0.2) is 28.8 Å². The molecule has 81 valence electrons. The number of hydrogen-bond acceptors (Lipinski definition) is 4. The van der Waals surface area contributed by atoms with E-state index in [-0.39, 0.29) is 5.56 Å². The number of aromatic nitrogens is 1. The molecule has 0 atom stereocenters. The summed E-state index contributed by atoms with van der Waals surface area (Å²) in [5.41, 5.74) is 1.28. The standard InChI is InChI=1S/C11H7ClNO3/c1-15-11(14)9-6-16-13-10(9)7-2-4-8(12)5-3-7/h2-5H,1H3. The number of nitrogens with zero attached hydrogens (tertiary/aromatic N) is 1. The minimum atomic E-state index is -0.536. The van der Waals surface area contributed by atoms with Gasteiger partial charge in [0.25, 0.3) is 0 Å². The molecule has 0 bridgehead atoms. The zero-order chi connectivity index (χ0) is 11.5. The molecule has 1 aromatic heterocycles. The second-order valence-corrected chi connectivity index (χ2v) is 3.44. The molecule has 16 heavy (non-hydrogen) atoms. The molecular formula is C11H7ClNO3. The Balaban J connectivity index is 2.44. The van der Waals surface area contributed by atoms with Crippen molar-refractivity contribution in [2.75, 3.05) is 7.11 Å². The number of halogens is 1. The average molecular weight is 237 g/mol. The summed E-state index contributed by atoms with van der Waals surface area (Å²) in [6.07, 6.45) is 2.38. The predicted octanol–water partition coefficient (Wildman–Crippen LogP) is 2.58. The van der Waals surface area contributed by atoms with Crippen molar-refractivity contribution in [3.05, 3.63) is 41.1 Å². The van der Waals surface area contributed by atoms with Crippen LogP contribution in [0.5, 0.6) is 0 Å². The SMILES string of the molecule is COC(=O)c1[c]onc1-c1ccc(Cl)cc1. The number of rotatable bonds is 2. The van der Waals surface area contributed by atoms with Crippen LogP contribution < -0.4 is 0 Å². The first kappa shape index (κ1) is 10.7. The van der Waals surface area contributed by atoms with Gasteiger partial charge in [0.05, 0.1) is 7.11 Å². The van der Waals surface area contributed by atoms with E-state index in [1.807, 2.05) is 0 Å². The van der Waals surface area contributed by atoms with E-state index in [0.717, 1.165) is 5.56 Å². The lowest BCUT2D eigenvalue weighted by atomic mass is 10.1. The molecule has 2 rings (SSSR count). The first-order valence-corrected chi connectivity index (χ1v) is 4.82. The Morgan fingerprint density at radius 2 is 2.12 bits per heavy atom. The van der Waals surface area contributed by atoms with Gasteiger partial charge in [0.1, 0.15) is 11.3 Å². The second-order valence-electron chi connectivity index (χ2n) is 3.01. The normalized spacial score (nSPS) is 10.1. The second kappa shape index (κ2) is 4.37. The fraction of sp³-hybridized carbons (Fsp3) is 0.0909. The van der Waals surface area contributed by atoms with Crippen LogP contribution in [-0.4, -0.2) is 18.2 Å². The fourth-order valence-electron chi connectivity index (χ4n) is 1.25. The number of esters is 1. The van der Waals surface area contributed by atoms with E-state index >= 15 is 0 Å². The molecule has 0 fully saturated rings. The zero-order valence-corrected chi connectivity index (χ0v) is 9.12. The summed E-state index contributed by atoms with van der Waals surface area (Å²) in [5.74, 6) is -0.536. The highest BCUT2D eigenvalue weighted by Crippen LogP contribution is 2.23. The molecule has 0 N–H and O–H groups in total. The lowest BCUT2D eigenvalue weighted by Gasteiger charge is -1.99. The van der Waals surface area contributed by atoms with Gasteiger partial charge in [0.15, 0.2) is 0 Å². The number of methoxy groups -OCH3 is 1. The van der Waals surface area contributed by atoms with Gasteiger partial charge in [-0.3, -0.25) is 0 Å². The van der Waals surface area contributed by atoms with Gasteiger partial charge < -0.3 is 9.26 Å². The Labute approximate surface area is 96.8 Å². The number of carbonyl (C=O) groups is 1. The lowest BCUT2D eigenvalue weighted by molar-refractivity contribution is 0.0600. The van der Waals surface area contributed by atoms with Gasteiger partial charge in [0, 0.05) is 10.6 Å². The van der Waals surface area contributed by atoms with Crippen LogP contribution in [0.4, 0.5) is 0 Å². The molecule has 0 aliphatic carbocycles. The third-order valence-electron chi connectivity index (χ3n) is 2.03. The molecule has 1 heterocycles. The molecule has 2 aromatic rings. The van der Waals surface area contributed by atoms with Gasteiger partial charge in [-0.2, -0.15) is 0 Å². The summed E-state index contributed by atoms with van der Waals surface area (Å²) in [6.45, 7) is 0. The minimum Gasteiger partial charge on any atom is -0.465 e. The van der Waals surface area contributed by atoms with Crippen molar-refractivity contribution < 1.29 is 14.1 Å². The van der Waals surface area contributed by atoms with Gasteiger partial charge in [-0.15, -0.1) is 0 Å². The highest BCUT2D eigenvalue weighted by atomic mass is 35.5. The summed E-state index contributed by atoms with van der Waals surface area (Å²) in [4.78, 5) is 11.4. The van der Waals surface area contributed by atoms with Gasteiger partial charge in [-0.1, -0.05) is 28.9 Å². The lowest BCUT2D eigenvalue weighted by Crippen LogP contribution is -2.01. The summed E-state index contributed by atoms with van der Waals surface area (Å²) < 4.78 is 9.23. The maximum absolute atomic E-state index is 11.4. The Morgan fingerprint density at radius 3 is 2.75 bits per heavy atom. The van der Waals surface area contributed by atoms with Crippen LogP contribution in [0.2, 0.25) is 5.02 Å². The molecule has 0 spiro atoms. The van der Waals surface area contributed by atoms with Crippen molar-refractivity contribution in [3.63, 3.8) is 0 Å². The topological polar surface area (TPSA) is 52.3 Å². The van der Waals surface area contributed by atoms with E-state index in [0.29, 0.717) is 10.7 Å². The molecule has 0 aliphatic rings. The van der Waals surface area contributed by atoms with E-state index in [9.17, 15) is 4.79 Å². The summed E-state index contributed by atoms with van der Waals surface area (Å²) >= 11 is 5.76. The number of hydrogen-bond donors (Lipinski definition) is 0. The van der Waals surface area contributed by atoms with Crippen molar-refractivity contribution in [1.82, 2.24) is 5.16 Å². The van der Waals surface area contributed by atoms with Gasteiger partial charge >= 0.3 is 5.97 Å². The van der Waals surface area contributed by atoms with Crippen LogP contribution in [0.3, 0.4) is 0 Å². The molecule has 4 nitrogen and oxygen atoms in total. The van der Waals surface area contributed by atoms with Crippen molar-refractivity contribution in [1.29, 1.82) is 0 Å². The number of benzene rings is 1. The van der Waals surface area contributed by atoms with Crippen molar-refractivity contribution in [2.24, 2.45) is 0 Å². The molecule has 0 unspecified atom stereocenters. The van der Waals surface area contributed by atoms with E-state index in [1.54, 1.807) is 24.3 Å². The van der Waals surface area contributed by atoms with E-state index < -0.39 is 5.97 Å². The van der Waals surface area contributed by atoms with Crippen molar-refractivity contribution in [3.8, 4) is 11.3 Å². The first-order valence-electron chi connectivity index (χ1n) is 4.44. The largest absolute Gasteiger partial charge is 0.465 e. The van der Waals surface area contributed by atoms with E-state index in [4.69, 9.17) is 11.6 Å². The Bertz CT molecular complexity index is 504. The van der Waals surface area contributed by atoms with Crippen LogP contribution in [0.25, 0.3) is 11.3 Å². The maximum atomic E-state index is 11.4. The maximum Gasteiger partial charge on any atom is 0.344 e. The highest BCUT2D eigenvalue weighted by molar-refractivity contribution is 6.30. The smallest absolute Gasteiger partial charge is 0.344 e. The van der Waals surface area contributed by atoms with E-state index in [1.165, 1.54) is 7.11 Å². The molecule has 1 radical (unpaired) electrons. The summed E-state index contributed by atoms with van der Waals surface area (Å²) in [7, 11) is 1.29. The molecule has 1 aromatic carbocycles. The highest BCUT2D eigenvalue weighted by Gasteiger charge is 2.18. The average Bonchev–Trinajstić information content (AvgIpc) is 2.78. The third-order valence-corrected chi connectivity index (χ3v) is 2.28. The monoisotopic (exact) mass is 236 g/mol. The van der Waals surface area contributed by atoms with Crippen molar-refractivity contribution in [2.45, 2.75) is 0 Å². The zero-order valence-electron chi connectivity index (χ0n) is 8.36. The van der Waals surface area contributed by atoms with Gasteiger partial charge in [-0.25, -0.2) is 4.79 Å². The molecular weight excluding hydrogens is 230 g/mol. The quantitative estimate of drug-likeness (QED) is 0.752. The van der Waals surface area contributed by atoms with Crippen LogP contribution >= 0.6 is 11.6 Å². The summed E-state index contributed by atoms with van der Waals surface area (Å²) in [5, 5.41) is 4.32. The molecule has 0 aliphatic heterocycles. The number of ether oxygens (including phenoxy) is 1. The van der Waals surface area contributed by atoms with Crippen LogP contribution in [-0.2, 0) is 4.74 Å². The summed E-state index contributed by atoms with van der Waals surface area (Å²) in [6, 6.07) is 6.88. The molecule has 0 saturated heterocycles. The predicted molar refractivity (Wildman–Crippen MR) is 57.1 cm³/mol. The van der Waals surface area contributed by atoms with E-state index in [2.05, 4.69) is 20.7 Å². The Kier molecular flexibility index (Phi) is 2.92. The van der Waals surface area contributed by atoms with Crippen molar-refractivity contribution >= 4 is 17.6 Å².